The zero-order valence-electron chi connectivity index (χ0n) is 14.5. The topological polar surface area (TPSA) is 62.1 Å². The molecule has 1 N–H and O–H groups in total. The first-order valence-electron chi connectivity index (χ1n) is 8.13. The van der Waals surface area contributed by atoms with Crippen LogP contribution in [0.1, 0.15) is 18.1 Å². The lowest BCUT2D eigenvalue weighted by atomic mass is 10.1. The van der Waals surface area contributed by atoms with Crippen molar-refractivity contribution in [2.75, 3.05) is 11.9 Å². The molecule has 0 fully saturated rings. The normalized spacial score (nSPS) is 10.7. The van der Waals surface area contributed by atoms with Crippen LogP contribution in [0.3, 0.4) is 0 Å². The second-order valence-electron chi connectivity index (χ2n) is 5.42. The molecule has 0 bridgehead atoms. The van der Waals surface area contributed by atoms with Crippen molar-refractivity contribution in [1.29, 1.82) is 5.26 Å². The highest BCUT2D eigenvalue weighted by molar-refractivity contribution is 9.10. The minimum absolute atomic E-state index is 0.0302. The van der Waals surface area contributed by atoms with Gasteiger partial charge in [-0.25, -0.2) is 0 Å². The zero-order chi connectivity index (χ0) is 18.9. The molecule has 132 valence electrons. The monoisotopic (exact) mass is 410 g/mol. The highest BCUT2D eigenvalue weighted by Gasteiger charge is 2.12. The van der Waals surface area contributed by atoms with E-state index < -0.39 is 5.91 Å². The average Bonchev–Trinajstić information content (AvgIpc) is 2.65. The molecule has 0 aliphatic carbocycles. The fourth-order valence-electron chi connectivity index (χ4n) is 2.33. The first-order valence-corrected chi connectivity index (χ1v) is 8.92. The van der Waals surface area contributed by atoms with E-state index in [9.17, 15) is 10.1 Å². The molecule has 26 heavy (non-hydrogen) atoms. The number of halogens is 1. The molecule has 0 saturated carbocycles. The van der Waals surface area contributed by atoms with Crippen LogP contribution in [0.2, 0.25) is 0 Å². The van der Waals surface area contributed by atoms with Crippen LogP contribution in [0.25, 0.3) is 6.08 Å². The Labute approximate surface area is 161 Å². The number of rotatable bonds is 7. The van der Waals surface area contributed by atoms with Crippen LogP contribution in [0.4, 0.5) is 5.69 Å². The van der Waals surface area contributed by atoms with Crippen molar-refractivity contribution in [3.8, 4) is 11.8 Å². The summed E-state index contributed by atoms with van der Waals surface area (Å²) in [5.74, 6) is 0.235. The van der Waals surface area contributed by atoms with Gasteiger partial charge in [0.1, 0.15) is 24.0 Å². The van der Waals surface area contributed by atoms with Crippen molar-refractivity contribution < 1.29 is 9.53 Å². The summed E-state index contributed by atoms with van der Waals surface area (Å²) in [7, 11) is 0. The van der Waals surface area contributed by atoms with Crippen LogP contribution in [0.5, 0.6) is 5.75 Å². The van der Waals surface area contributed by atoms with E-state index in [2.05, 4.69) is 27.8 Å². The fourth-order valence-corrected chi connectivity index (χ4v) is 2.84. The highest BCUT2D eigenvalue weighted by Crippen LogP contribution is 2.27. The third kappa shape index (κ3) is 5.08. The maximum absolute atomic E-state index is 12.5. The molecule has 4 nitrogen and oxygen atoms in total. The van der Waals surface area contributed by atoms with Gasteiger partial charge in [0.25, 0.3) is 5.91 Å². The number of anilines is 1. The van der Waals surface area contributed by atoms with Gasteiger partial charge >= 0.3 is 0 Å². The molecule has 0 heterocycles. The molecule has 0 radical (unpaired) electrons. The summed E-state index contributed by atoms with van der Waals surface area (Å²) in [5.41, 5.74) is 2.49. The molecule has 0 saturated heterocycles. The van der Waals surface area contributed by atoms with Gasteiger partial charge in [-0.2, -0.15) is 5.26 Å². The SMILES string of the molecule is C=CCOc1ccc(/C=C(\C#N)C(=O)Nc2ccccc2CC)cc1Br. The number of hydrogen-bond donors (Lipinski definition) is 1. The molecule has 2 aromatic carbocycles. The Kier molecular flexibility index (Phi) is 7.19. The summed E-state index contributed by atoms with van der Waals surface area (Å²) in [4.78, 5) is 12.5. The summed E-state index contributed by atoms with van der Waals surface area (Å²) in [5, 5.41) is 12.2. The number of carbonyl (C=O) groups excluding carboxylic acids is 1. The molecule has 1 amide bonds. The summed E-state index contributed by atoms with van der Waals surface area (Å²) in [6, 6.07) is 14.9. The molecular formula is C21H19BrN2O2. The van der Waals surface area contributed by atoms with Crippen LogP contribution in [-0.2, 0) is 11.2 Å². The maximum atomic E-state index is 12.5. The van der Waals surface area contributed by atoms with Gasteiger partial charge in [-0.1, -0.05) is 43.8 Å². The van der Waals surface area contributed by atoms with Gasteiger partial charge in [-0.3, -0.25) is 4.79 Å². The second-order valence-corrected chi connectivity index (χ2v) is 6.28. The van der Waals surface area contributed by atoms with E-state index in [1.807, 2.05) is 37.3 Å². The van der Waals surface area contributed by atoms with Gasteiger partial charge in [0, 0.05) is 5.69 Å². The van der Waals surface area contributed by atoms with E-state index in [0.29, 0.717) is 12.4 Å². The average molecular weight is 411 g/mol. The second kappa shape index (κ2) is 9.59. The van der Waals surface area contributed by atoms with Crippen molar-refractivity contribution in [3.63, 3.8) is 0 Å². The van der Waals surface area contributed by atoms with Crippen LogP contribution < -0.4 is 10.1 Å². The van der Waals surface area contributed by atoms with E-state index in [4.69, 9.17) is 4.74 Å². The Morgan fingerprint density at radius 1 is 1.35 bits per heavy atom. The van der Waals surface area contributed by atoms with E-state index >= 15 is 0 Å². The first kappa shape index (κ1) is 19.5. The van der Waals surface area contributed by atoms with E-state index in [1.54, 1.807) is 30.4 Å². The molecule has 0 aliphatic rings. The summed E-state index contributed by atoms with van der Waals surface area (Å²) in [6.07, 6.45) is 4.00. The molecule has 2 rings (SSSR count). The predicted molar refractivity (Wildman–Crippen MR) is 108 cm³/mol. The number of hydrogen-bond acceptors (Lipinski definition) is 3. The van der Waals surface area contributed by atoms with Gasteiger partial charge in [0.05, 0.1) is 4.47 Å². The third-order valence-corrected chi connectivity index (χ3v) is 4.25. The molecule has 0 spiro atoms. The van der Waals surface area contributed by atoms with Crippen molar-refractivity contribution in [2.24, 2.45) is 0 Å². The molecule has 5 heteroatoms. The molecule has 0 aromatic heterocycles. The lowest BCUT2D eigenvalue weighted by Crippen LogP contribution is -2.14. The van der Waals surface area contributed by atoms with Crippen molar-refractivity contribution in [1.82, 2.24) is 0 Å². The molecule has 2 aromatic rings. The van der Waals surface area contributed by atoms with Crippen LogP contribution >= 0.6 is 15.9 Å². The number of nitrogens with zero attached hydrogens (tertiary/aromatic N) is 1. The summed E-state index contributed by atoms with van der Waals surface area (Å²) in [6.45, 7) is 6.02. The van der Waals surface area contributed by atoms with Crippen molar-refractivity contribution >= 4 is 33.6 Å². The number of nitriles is 1. The maximum Gasteiger partial charge on any atom is 0.266 e. The van der Waals surface area contributed by atoms with Gasteiger partial charge < -0.3 is 10.1 Å². The van der Waals surface area contributed by atoms with Gasteiger partial charge in [0.15, 0.2) is 0 Å². The fraction of sp³-hybridized carbons (Fsp3) is 0.143. The lowest BCUT2D eigenvalue weighted by Gasteiger charge is -2.09. The van der Waals surface area contributed by atoms with Gasteiger partial charge in [0.2, 0.25) is 0 Å². The van der Waals surface area contributed by atoms with Crippen molar-refractivity contribution in [2.45, 2.75) is 13.3 Å². The van der Waals surface area contributed by atoms with Crippen molar-refractivity contribution in [3.05, 3.63) is 76.3 Å². The van der Waals surface area contributed by atoms with Gasteiger partial charge in [-0.05, 0) is 57.8 Å². The minimum Gasteiger partial charge on any atom is -0.488 e. The highest BCUT2D eigenvalue weighted by atomic mass is 79.9. The van der Waals surface area contributed by atoms with Crippen LogP contribution in [0.15, 0.2) is 65.2 Å². The number of carbonyl (C=O) groups is 1. The van der Waals surface area contributed by atoms with Gasteiger partial charge in [-0.15, -0.1) is 0 Å². The lowest BCUT2D eigenvalue weighted by molar-refractivity contribution is -0.112. The molecule has 0 atom stereocenters. The summed E-state index contributed by atoms with van der Waals surface area (Å²) < 4.78 is 6.23. The van der Waals surface area contributed by atoms with E-state index in [1.165, 1.54) is 0 Å². The molecule has 0 unspecified atom stereocenters. The number of ether oxygens (including phenoxy) is 1. The number of nitrogens with one attached hydrogen (secondary N) is 1. The van der Waals surface area contributed by atoms with E-state index in [0.717, 1.165) is 27.7 Å². The number of benzene rings is 2. The largest absolute Gasteiger partial charge is 0.488 e. The zero-order valence-corrected chi connectivity index (χ0v) is 16.0. The number of amides is 1. The Morgan fingerprint density at radius 3 is 2.77 bits per heavy atom. The predicted octanol–water partition coefficient (Wildman–Crippen LogP) is 5.12. The summed E-state index contributed by atoms with van der Waals surface area (Å²) >= 11 is 3.43. The quantitative estimate of drug-likeness (QED) is 0.391. The minimum atomic E-state index is -0.434. The molecule has 0 aliphatic heterocycles. The molecular weight excluding hydrogens is 392 g/mol. The van der Waals surface area contributed by atoms with E-state index in [-0.39, 0.29) is 5.57 Å². The first-order chi connectivity index (χ1) is 12.6. The van der Waals surface area contributed by atoms with Crippen LogP contribution in [0, 0.1) is 11.3 Å². The Bertz CT molecular complexity index is 882. The number of aryl methyl sites for hydroxylation is 1. The number of para-hydroxylation sites is 1. The Morgan fingerprint density at radius 2 is 2.12 bits per heavy atom. The third-order valence-electron chi connectivity index (χ3n) is 3.64. The smallest absolute Gasteiger partial charge is 0.266 e. The van der Waals surface area contributed by atoms with Crippen LogP contribution in [-0.4, -0.2) is 12.5 Å². The standard InChI is InChI=1S/C21H19BrN2O2/c1-3-11-26-20-10-9-15(13-18(20)22)12-17(14-23)21(25)24-19-8-6-5-7-16(19)4-2/h3,5-10,12-13H,1,4,11H2,2H3,(H,24,25)/b17-12+. The Hall–Kier alpha value is -2.84. The Balaban J connectivity index is 2.21.